The maximum atomic E-state index is 12.4. The molecule has 3 nitrogen and oxygen atoms in total. The van der Waals surface area contributed by atoms with Gasteiger partial charge in [0, 0.05) is 6.42 Å². The Morgan fingerprint density at radius 2 is 1.90 bits per heavy atom. The number of hydrogen-bond donors (Lipinski definition) is 0. The van der Waals surface area contributed by atoms with E-state index in [1.165, 1.54) is 0 Å². The highest BCUT2D eigenvalue weighted by Gasteiger charge is 2.31. The fourth-order valence-corrected chi connectivity index (χ4v) is 2.97. The van der Waals surface area contributed by atoms with Gasteiger partial charge in [0.1, 0.15) is 0 Å². The number of para-hydroxylation sites is 1. The van der Waals surface area contributed by atoms with Crippen molar-refractivity contribution in [1.82, 2.24) is 9.78 Å². The Hall–Kier alpha value is -1.90. The lowest BCUT2D eigenvalue weighted by Gasteiger charge is -2.19. The predicted molar refractivity (Wildman–Crippen MR) is 79.5 cm³/mol. The molecule has 1 aromatic carbocycles. The van der Waals surface area contributed by atoms with E-state index in [2.05, 4.69) is 20.8 Å². The monoisotopic (exact) mass is 268 g/mol. The van der Waals surface area contributed by atoms with E-state index in [0.29, 0.717) is 12.3 Å². The zero-order valence-electron chi connectivity index (χ0n) is 12.3. The van der Waals surface area contributed by atoms with Crippen LogP contribution in [0.15, 0.2) is 30.3 Å². The van der Waals surface area contributed by atoms with Gasteiger partial charge < -0.3 is 0 Å². The molecule has 3 heteroatoms. The molecule has 1 aromatic heterocycles. The van der Waals surface area contributed by atoms with Gasteiger partial charge in [-0.3, -0.25) is 4.79 Å². The van der Waals surface area contributed by atoms with Gasteiger partial charge in [-0.2, -0.15) is 5.10 Å². The van der Waals surface area contributed by atoms with Gasteiger partial charge in [-0.15, -0.1) is 0 Å². The molecule has 2 aromatic rings. The van der Waals surface area contributed by atoms with Gasteiger partial charge in [-0.05, 0) is 30.4 Å². The van der Waals surface area contributed by atoms with Gasteiger partial charge in [-0.25, -0.2) is 4.68 Å². The minimum atomic E-state index is 0.254. The maximum absolute atomic E-state index is 12.4. The molecule has 0 spiro atoms. The normalized spacial score (nSPS) is 18.4. The van der Waals surface area contributed by atoms with Crippen molar-refractivity contribution in [3.63, 3.8) is 0 Å². The average Bonchev–Trinajstić information content (AvgIpc) is 2.79. The first-order valence-electron chi connectivity index (χ1n) is 7.28. The van der Waals surface area contributed by atoms with Crippen LogP contribution in [-0.2, 0) is 6.42 Å². The molecule has 0 aliphatic heterocycles. The number of nitrogens with zero attached hydrogens (tertiary/aromatic N) is 2. The van der Waals surface area contributed by atoms with Crippen molar-refractivity contribution in [3.8, 4) is 5.69 Å². The second-order valence-electron chi connectivity index (χ2n) is 6.05. The number of benzene rings is 1. The smallest absolute Gasteiger partial charge is 0.166 e. The Morgan fingerprint density at radius 1 is 1.20 bits per heavy atom. The minimum Gasteiger partial charge on any atom is -0.294 e. The van der Waals surface area contributed by atoms with Crippen LogP contribution in [0.3, 0.4) is 0 Å². The molecule has 1 atom stereocenters. The Morgan fingerprint density at radius 3 is 2.55 bits per heavy atom. The number of aromatic nitrogens is 2. The lowest BCUT2D eigenvalue weighted by molar-refractivity contribution is 0.0951. The van der Waals surface area contributed by atoms with E-state index in [9.17, 15) is 4.79 Å². The summed E-state index contributed by atoms with van der Waals surface area (Å²) in [5.41, 5.74) is 3.95. The topological polar surface area (TPSA) is 34.9 Å². The maximum Gasteiger partial charge on any atom is 0.166 e. The molecule has 0 amide bonds. The highest BCUT2D eigenvalue weighted by molar-refractivity contribution is 5.99. The number of hydrogen-bond acceptors (Lipinski definition) is 2. The standard InChI is InChI=1S/C17H20N2O/c1-11(2)17-16-14(9-12(3)10-15(16)20)19(18-17)13-7-5-4-6-8-13/h4-8,11-12H,9-10H2,1-3H3. The molecule has 1 heterocycles. The number of Topliss-reactive ketones (excluding diaryl/α,β-unsaturated/α-hetero) is 1. The lowest BCUT2D eigenvalue weighted by Crippen LogP contribution is -2.20. The molecular formula is C17H20N2O. The van der Waals surface area contributed by atoms with Crippen molar-refractivity contribution in [3.05, 3.63) is 47.3 Å². The molecule has 3 rings (SSSR count). The molecule has 1 aliphatic carbocycles. The molecule has 0 radical (unpaired) electrons. The molecule has 0 saturated heterocycles. The van der Waals surface area contributed by atoms with Gasteiger partial charge in [0.25, 0.3) is 0 Å². The van der Waals surface area contributed by atoms with Crippen LogP contribution < -0.4 is 0 Å². The van der Waals surface area contributed by atoms with E-state index in [1.807, 2.05) is 35.0 Å². The van der Waals surface area contributed by atoms with E-state index >= 15 is 0 Å². The Bertz CT molecular complexity index is 641. The Balaban J connectivity index is 2.22. The van der Waals surface area contributed by atoms with Crippen molar-refractivity contribution in [2.75, 3.05) is 0 Å². The van der Waals surface area contributed by atoms with E-state index in [-0.39, 0.29) is 11.7 Å². The van der Waals surface area contributed by atoms with Crippen LogP contribution >= 0.6 is 0 Å². The third kappa shape index (κ3) is 2.07. The number of carbonyl (C=O) groups excluding carboxylic acids is 1. The van der Waals surface area contributed by atoms with Crippen LogP contribution in [0.4, 0.5) is 0 Å². The summed E-state index contributed by atoms with van der Waals surface area (Å²) in [4.78, 5) is 12.4. The molecule has 0 N–H and O–H groups in total. The van der Waals surface area contributed by atoms with Crippen LogP contribution in [-0.4, -0.2) is 15.6 Å². The first-order chi connectivity index (χ1) is 9.58. The van der Waals surface area contributed by atoms with E-state index in [4.69, 9.17) is 5.10 Å². The zero-order chi connectivity index (χ0) is 14.3. The molecular weight excluding hydrogens is 248 g/mol. The van der Waals surface area contributed by atoms with E-state index in [1.54, 1.807) is 0 Å². The molecule has 1 unspecified atom stereocenters. The Labute approximate surface area is 119 Å². The summed E-state index contributed by atoms with van der Waals surface area (Å²) < 4.78 is 1.97. The lowest BCUT2D eigenvalue weighted by atomic mass is 9.85. The van der Waals surface area contributed by atoms with Gasteiger partial charge in [0.2, 0.25) is 0 Å². The van der Waals surface area contributed by atoms with Gasteiger partial charge >= 0.3 is 0 Å². The van der Waals surface area contributed by atoms with Crippen LogP contribution in [0.2, 0.25) is 0 Å². The quantitative estimate of drug-likeness (QED) is 0.831. The fraction of sp³-hybridized carbons (Fsp3) is 0.412. The van der Waals surface area contributed by atoms with Crippen LogP contribution in [0.5, 0.6) is 0 Å². The second-order valence-corrected chi connectivity index (χ2v) is 6.05. The second kappa shape index (κ2) is 4.89. The number of ketones is 1. The summed E-state index contributed by atoms with van der Waals surface area (Å²) in [6.07, 6.45) is 1.57. The predicted octanol–water partition coefficient (Wildman–Crippen LogP) is 3.76. The summed E-state index contributed by atoms with van der Waals surface area (Å²) in [6, 6.07) is 10.1. The van der Waals surface area contributed by atoms with Gasteiger partial charge in [0.15, 0.2) is 5.78 Å². The summed E-state index contributed by atoms with van der Waals surface area (Å²) in [7, 11) is 0. The van der Waals surface area contributed by atoms with Crippen LogP contribution in [0, 0.1) is 5.92 Å². The Kier molecular flexibility index (Phi) is 3.20. The van der Waals surface area contributed by atoms with Crippen LogP contribution in [0.25, 0.3) is 5.69 Å². The molecule has 1 aliphatic rings. The summed E-state index contributed by atoms with van der Waals surface area (Å²) in [5.74, 6) is 0.921. The van der Waals surface area contributed by atoms with Crippen LogP contribution in [0.1, 0.15) is 54.9 Å². The average molecular weight is 268 g/mol. The summed E-state index contributed by atoms with van der Waals surface area (Å²) >= 11 is 0. The molecule has 20 heavy (non-hydrogen) atoms. The highest BCUT2D eigenvalue weighted by atomic mass is 16.1. The van der Waals surface area contributed by atoms with Gasteiger partial charge in [0.05, 0.1) is 22.6 Å². The van der Waals surface area contributed by atoms with Gasteiger partial charge in [-0.1, -0.05) is 39.0 Å². The largest absolute Gasteiger partial charge is 0.294 e. The van der Waals surface area contributed by atoms with E-state index in [0.717, 1.165) is 29.1 Å². The van der Waals surface area contributed by atoms with Crippen molar-refractivity contribution >= 4 is 5.78 Å². The first-order valence-corrected chi connectivity index (χ1v) is 7.28. The number of carbonyl (C=O) groups is 1. The highest BCUT2D eigenvalue weighted by Crippen LogP contribution is 2.32. The zero-order valence-corrected chi connectivity index (χ0v) is 12.3. The van der Waals surface area contributed by atoms with Crippen molar-refractivity contribution in [2.45, 2.75) is 39.5 Å². The minimum absolute atomic E-state index is 0.254. The summed E-state index contributed by atoms with van der Waals surface area (Å²) in [6.45, 7) is 6.34. The van der Waals surface area contributed by atoms with Crippen molar-refractivity contribution < 1.29 is 4.79 Å². The third-order valence-corrected chi connectivity index (χ3v) is 3.91. The third-order valence-electron chi connectivity index (χ3n) is 3.91. The molecule has 0 fully saturated rings. The molecule has 0 bridgehead atoms. The van der Waals surface area contributed by atoms with Crippen molar-refractivity contribution in [2.24, 2.45) is 5.92 Å². The molecule has 104 valence electrons. The van der Waals surface area contributed by atoms with Crippen molar-refractivity contribution in [1.29, 1.82) is 0 Å². The van der Waals surface area contributed by atoms with E-state index < -0.39 is 0 Å². The molecule has 0 saturated carbocycles. The fourth-order valence-electron chi connectivity index (χ4n) is 2.97. The SMILES string of the molecule is CC1CC(=O)c2c(C(C)C)nn(-c3ccccc3)c2C1. The first kappa shape index (κ1) is 13.1. The number of rotatable bonds is 2. The number of fused-ring (bicyclic) bond motifs is 1. The summed E-state index contributed by atoms with van der Waals surface area (Å²) in [5, 5.41) is 4.74.